The van der Waals surface area contributed by atoms with Crippen molar-refractivity contribution in [2.75, 3.05) is 37.0 Å². The maximum absolute atomic E-state index is 12.9. The van der Waals surface area contributed by atoms with Gasteiger partial charge in [0.2, 0.25) is 0 Å². The maximum Gasteiger partial charge on any atom is 0.185 e. The smallest absolute Gasteiger partial charge is 0.185 e. The molecule has 0 unspecified atom stereocenters. The quantitative estimate of drug-likeness (QED) is 0.452. The second-order valence-corrected chi connectivity index (χ2v) is 9.19. The van der Waals surface area contributed by atoms with Crippen LogP contribution in [0.4, 0.5) is 10.9 Å². The number of hydrogen-bond donors (Lipinski definition) is 1. The molecule has 4 heterocycles. The van der Waals surface area contributed by atoms with Crippen molar-refractivity contribution in [3.8, 4) is 10.4 Å². The Balaban J connectivity index is 1.37. The Hall–Kier alpha value is -3.43. The van der Waals surface area contributed by atoms with Gasteiger partial charge in [0.1, 0.15) is 5.82 Å². The van der Waals surface area contributed by atoms with Crippen LogP contribution in [0.3, 0.4) is 0 Å². The summed E-state index contributed by atoms with van der Waals surface area (Å²) in [6, 6.07) is 11.7. The van der Waals surface area contributed by atoms with Gasteiger partial charge in [0, 0.05) is 56.6 Å². The summed E-state index contributed by atoms with van der Waals surface area (Å²) in [6.07, 6.45) is 3.73. The highest BCUT2D eigenvalue weighted by Crippen LogP contribution is 2.31. The minimum Gasteiger partial charge on any atom is -0.354 e. The van der Waals surface area contributed by atoms with Crippen molar-refractivity contribution in [1.29, 1.82) is 0 Å². The number of carbonyl (C=O) groups is 1. The minimum absolute atomic E-state index is 0.0126. The molecule has 1 fully saturated rings. The molecule has 0 spiro atoms. The van der Waals surface area contributed by atoms with Crippen LogP contribution in [0.2, 0.25) is 0 Å². The molecule has 4 aromatic rings. The molecule has 1 saturated heterocycles. The van der Waals surface area contributed by atoms with E-state index in [9.17, 15) is 4.79 Å². The number of rotatable bonds is 6. The van der Waals surface area contributed by atoms with Gasteiger partial charge < -0.3 is 15.5 Å². The van der Waals surface area contributed by atoms with Crippen molar-refractivity contribution in [3.63, 3.8) is 0 Å². The van der Waals surface area contributed by atoms with Gasteiger partial charge in [0.25, 0.3) is 0 Å². The van der Waals surface area contributed by atoms with E-state index < -0.39 is 0 Å². The Bertz CT molecular complexity index is 1300. The van der Waals surface area contributed by atoms with Gasteiger partial charge in [-0.25, -0.2) is 9.97 Å². The van der Waals surface area contributed by atoms with E-state index in [1.54, 1.807) is 23.6 Å². The van der Waals surface area contributed by atoms with Crippen LogP contribution in [0.25, 0.3) is 21.3 Å². The van der Waals surface area contributed by atoms with Gasteiger partial charge in [0.15, 0.2) is 10.9 Å². The lowest BCUT2D eigenvalue weighted by Gasteiger charge is -2.37. The van der Waals surface area contributed by atoms with Crippen molar-refractivity contribution in [2.24, 2.45) is 5.73 Å². The first-order chi connectivity index (χ1) is 15.5. The first-order valence-corrected chi connectivity index (χ1v) is 11.2. The average Bonchev–Trinajstić information content (AvgIpc) is 3.27. The van der Waals surface area contributed by atoms with E-state index in [-0.39, 0.29) is 18.2 Å². The number of anilines is 2. The summed E-state index contributed by atoms with van der Waals surface area (Å²) in [5, 5.41) is 10.5. The predicted molar refractivity (Wildman–Crippen MR) is 127 cm³/mol. The van der Waals surface area contributed by atoms with Gasteiger partial charge >= 0.3 is 0 Å². The molecular formula is C23H23N7OS. The number of pyridine rings is 1. The highest BCUT2D eigenvalue weighted by molar-refractivity contribution is 7.18. The zero-order valence-electron chi connectivity index (χ0n) is 17.9. The summed E-state index contributed by atoms with van der Waals surface area (Å²) in [6.45, 7) is 1.53. The third kappa shape index (κ3) is 4.04. The monoisotopic (exact) mass is 445 g/mol. The minimum atomic E-state index is -0.0126. The Kier molecular flexibility index (Phi) is 5.28. The van der Waals surface area contributed by atoms with Crippen LogP contribution in [0.5, 0.6) is 0 Å². The van der Waals surface area contributed by atoms with Crippen molar-refractivity contribution < 1.29 is 4.79 Å². The van der Waals surface area contributed by atoms with Crippen molar-refractivity contribution in [1.82, 2.24) is 20.2 Å². The van der Waals surface area contributed by atoms with Crippen LogP contribution in [-0.4, -0.2) is 59.2 Å². The molecule has 0 radical (unpaired) electrons. The maximum atomic E-state index is 12.9. The molecule has 0 aliphatic carbocycles. The summed E-state index contributed by atoms with van der Waals surface area (Å²) in [5.41, 5.74) is 8.98. The van der Waals surface area contributed by atoms with Crippen LogP contribution in [-0.2, 0) is 6.42 Å². The highest BCUT2D eigenvalue weighted by atomic mass is 32.1. The van der Waals surface area contributed by atoms with E-state index in [0.29, 0.717) is 11.3 Å². The second kappa shape index (κ2) is 8.25. The first kappa shape index (κ1) is 20.5. The molecule has 0 amide bonds. The molecule has 8 nitrogen and oxygen atoms in total. The zero-order chi connectivity index (χ0) is 22.2. The van der Waals surface area contributed by atoms with E-state index in [2.05, 4.69) is 31.1 Å². The van der Waals surface area contributed by atoms with Gasteiger partial charge in [0.05, 0.1) is 22.5 Å². The number of aromatic nitrogens is 4. The molecule has 0 atom stereocenters. The van der Waals surface area contributed by atoms with E-state index >= 15 is 0 Å². The van der Waals surface area contributed by atoms with E-state index in [1.165, 1.54) is 0 Å². The molecule has 2 N–H and O–H groups in total. The summed E-state index contributed by atoms with van der Waals surface area (Å²) >= 11 is 1.63. The highest BCUT2D eigenvalue weighted by Gasteiger charge is 2.24. The van der Waals surface area contributed by atoms with Crippen LogP contribution in [0.15, 0.2) is 48.8 Å². The fourth-order valence-corrected chi connectivity index (χ4v) is 4.50. The fraction of sp³-hybridized carbons (Fsp3) is 0.261. The van der Waals surface area contributed by atoms with Gasteiger partial charge in [-0.2, -0.15) is 10.2 Å². The number of nitrogens with zero attached hydrogens (tertiary/aromatic N) is 6. The Morgan fingerprint density at radius 2 is 2.00 bits per heavy atom. The number of carbonyl (C=O) groups excluding carboxylic acids is 1. The van der Waals surface area contributed by atoms with Crippen LogP contribution in [0, 0.1) is 0 Å². The fourth-order valence-electron chi connectivity index (χ4n) is 3.66. The van der Waals surface area contributed by atoms with E-state index in [0.717, 1.165) is 45.4 Å². The van der Waals surface area contributed by atoms with E-state index in [1.807, 2.05) is 49.5 Å². The summed E-state index contributed by atoms with van der Waals surface area (Å²) in [5.74, 6) is 0.773. The number of nitrogens with two attached hydrogens (primary N) is 1. The number of Topliss-reactive ketones (excluding diaryl/α,β-unsaturated/α-hetero) is 1. The first-order valence-electron chi connectivity index (χ1n) is 10.4. The van der Waals surface area contributed by atoms with Gasteiger partial charge in [-0.05, 0) is 35.9 Å². The molecule has 1 aliphatic heterocycles. The molecular weight excluding hydrogens is 422 g/mol. The third-order valence-electron chi connectivity index (χ3n) is 5.44. The average molecular weight is 446 g/mol. The van der Waals surface area contributed by atoms with Gasteiger partial charge in [-0.1, -0.05) is 17.4 Å². The number of thiazole rings is 1. The molecule has 1 aromatic carbocycles. The van der Waals surface area contributed by atoms with Crippen molar-refractivity contribution >= 4 is 39.0 Å². The summed E-state index contributed by atoms with van der Waals surface area (Å²) < 4.78 is 0. The Morgan fingerprint density at radius 3 is 2.75 bits per heavy atom. The number of fused-ring (bicyclic) bond motifs is 1. The van der Waals surface area contributed by atoms with E-state index in [4.69, 9.17) is 5.73 Å². The van der Waals surface area contributed by atoms with Gasteiger partial charge in [-0.15, -0.1) is 0 Å². The topological polar surface area (TPSA) is 101 Å². The summed E-state index contributed by atoms with van der Waals surface area (Å²) in [4.78, 5) is 26.9. The van der Waals surface area contributed by atoms with Gasteiger partial charge in [-0.3, -0.25) is 4.79 Å². The summed E-state index contributed by atoms with van der Waals surface area (Å²) in [7, 11) is 3.96. The number of hydrogen-bond acceptors (Lipinski definition) is 9. The lowest BCUT2D eigenvalue weighted by molar-refractivity contribution is 0.0991. The molecule has 1 aliphatic rings. The Labute approximate surface area is 189 Å². The van der Waals surface area contributed by atoms with Crippen molar-refractivity contribution in [2.45, 2.75) is 12.5 Å². The normalized spacial score (nSPS) is 13.9. The van der Waals surface area contributed by atoms with Crippen LogP contribution < -0.4 is 15.5 Å². The molecule has 0 saturated carbocycles. The number of ketones is 1. The van der Waals surface area contributed by atoms with Crippen LogP contribution >= 0.6 is 11.3 Å². The van der Waals surface area contributed by atoms with Crippen molar-refractivity contribution in [3.05, 3.63) is 60.0 Å². The lowest BCUT2D eigenvalue weighted by Crippen LogP contribution is -2.56. The third-order valence-corrected chi connectivity index (χ3v) is 6.65. The molecule has 9 heteroatoms. The second-order valence-electron chi connectivity index (χ2n) is 8.18. The number of benzene rings is 1. The molecule has 32 heavy (non-hydrogen) atoms. The largest absolute Gasteiger partial charge is 0.354 e. The SMILES string of the molecule is CN(C)c1ncc(-c2ccc3nnc(CC(=O)c4ccnc(N5CC(N)C5)c4)cc3c2)s1. The molecule has 162 valence electrons. The molecule has 0 bridgehead atoms. The lowest BCUT2D eigenvalue weighted by atomic mass is 10.0. The molecule has 5 rings (SSSR count). The zero-order valence-corrected chi connectivity index (χ0v) is 18.7. The van der Waals surface area contributed by atoms with Crippen LogP contribution in [0.1, 0.15) is 16.1 Å². The standard InChI is InChI=1S/C23H23N7OS/c1-29(2)23-26-11-21(32-23)15-3-4-19-16(7-15)8-18(27-28-19)10-20(31)14-5-6-25-22(9-14)30-12-17(24)13-30/h3-9,11,17H,10,12-13,24H2,1-2H3. The molecule has 3 aromatic heterocycles. The Morgan fingerprint density at radius 1 is 1.16 bits per heavy atom. The predicted octanol–water partition coefficient (Wildman–Crippen LogP) is 2.79.